The fourth-order valence-corrected chi connectivity index (χ4v) is 7.14. The first-order chi connectivity index (χ1) is 20.2. The Balaban J connectivity index is 1.40. The van der Waals surface area contributed by atoms with E-state index in [1.54, 1.807) is 18.2 Å². The zero-order chi connectivity index (χ0) is 29.7. The van der Waals surface area contributed by atoms with Crippen LogP contribution in [0.15, 0.2) is 81.9 Å². The third-order valence-corrected chi connectivity index (χ3v) is 9.23. The molecule has 4 atom stereocenters. The van der Waals surface area contributed by atoms with Gasteiger partial charge >= 0.3 is 0 Å². The van der Waals surface area contributed by atoms with Crippen LogP contribution < -0.4 is 9.47 Å². The van der Waals surface area contributed by atoms with Crippen LogP contribution in [0.2, 0.25) is 0 Å². The van der Waals surface area contributed by atoms with E-state index >= 15 is 0 Å². The molecule has 42 heavy (non-hydrogen) atoms. The largest absolute Gasteiger partial charge is 0.502 e. The molecule has 3 aliphatic carbocycles. The smallest absolute Gasteiger partial charge is 0.234 e. The fourth-order valence-electron chi connectivity index (χ4n) is 6.69. The highest BCUT2D eigenvalue weighted by atomic mass is 79.9. The van der Waals surface area contributed by atoms with Crippen molar-refractivity contribution in [2.24, 2.45) is 23.7 Å². The summed E-state index contributed by atoms with van der Waals surface area (Å²) in [6.07, 6.45) is 7.47. The van der Waals surface area contributed by atoms with Gasteiger partial charge in [-0.25, -0.2) is 0 Å². The van der Waals surface area contributed by atoms with Gasteiger partial charge in [0, 0.05) is 23.1 Å². The van der Waals surface area contributed by atoms with Crippen molar-refractivity contribution >= 4 is 45.4 Å². The van der Waals surface area contributed by atoms with Crippen molar-refractivity contribution in [3.63, 3.8) is 0 Å². The molecule has 8 nitrogen and oxygen atoms in total. The SMILES string of the molecule is COc1cc(C=CC2C3=CCC4C(=O)N(Cc5ccccc5)C(=O)C4C3CC3=C2C(=O)C=C(Br)C3=O)cc(OC)c1O. The highest BCUT2D eigenvalue weighted by Crippen LogP contribution is 2.53. The van der Waals surface area contributed by atoms with E-state index in [9.17, 15) is 24.3 Å². The van der Waals surface area contributed by atoms with Crippen molar-refractivity contribution in [1.29, 1.82) is 0 Å². The Morgan fingerprint density at radius 3 is 2.36 bits per heavy atom. The van der Waals surface area contributed by atoms with Gasteiger partial charge in [0.05, 0.1) is 37.1 Å². The Morgan fingerprint density at radius 1 is 1.00 bits per heavy atom. The molecule has 0 saturated carbocycles. The van der Waals surface area contributed by atoms with Crippen LogP contribution in [0.3, 0.4) is 0 Å². The highest BCUT2D eigenvalue weighted by Gasteiger charge is 2.55. The first-order valence-electron chi connectivity index (χ1n) is 13.6. The number of phenolic OH excluding ortho intramolecular Hbond substituents is 1. The number of amides is 2. The molecule has 9 heteroatoms. The van der Waals surface area contributed by atoms with Crippen LogP contribution in [0.25, 0.3) is 6.08 Å². The number of carbonyl (C=O) groups is 4. The summed E-state index contributed by atoms with van der Waals surface area (Å²) in [5.41, 5.74) is 3.12. The average Bonchev–Trinajstić information content (AvgIpc) is 3.24. The second kappa shape index (κ2) is 10.9. The Labute approximate surface area is 251 Å². The van der Waals surface area contributed by atoms with Gasteiger partial charge in [-0.1, -0.05) is 54.1 Å². The van der Waals surface area contributed by atoms with Crippen LogP contribution in [-0.2, 0) is 25.7 Å². The fraction of sp³-hybridized carbons (Fsp3) is 0.273. The van der Waals surface area contributed by atoms with E-state index in [0.29, 0.717) is 23.1 Å². The molecule has 1 saturated heterocycles. The zero-order valence-corrected chi connectivity index (χ0v) is 24.6. The molecule has 4 unspecified atom stereocenters. The molecule has 4 aliphatic rings. The summed E-state index contributed by atoms with van der Waals surface area (Å²) in [6, 6.07) is 12.7. The van der Waals surface area contributed by atoms with Crippen molar-refractivity contribution in [2.75, 3.05) is 14.2 Å². The van der Waals surface area contributed by atoms with E-state index in [2.05, 4.69) is 15.9 Å². The standard InChI is InChI=1S/C33H28BrNO7/c1-41-26-12-18(13-27(42-2)31(26)38)8-9-20-19-10-11-21-29(22(19)14-23-28(20)25(36)15-24(34)30(23)37)33(40)35(32(21)39)16-17-6-4-3-5-7-17/h3-10,12-13,15,20-22,29,38H,11,14,16H2,1-2H3. The van der Waals surface area contributed by atoms with Crippen LogP contribution in [-0.4, -0.2) is 47.6 Å². The molecule has 2 amide bonds. The molecular weight excluding hydrogens is 602 g/mol. The molecule has 1 N–H and O–H groups in total. The maximum Gasteiger partial charge on any atom is 0.234 e. The van der Waals surface area contributed by atoms with Crippen molar-refractivity contribution in [3.8, 4) is 17.2 Å². The van der Waals surface area contributed by atoms with Crippen molar-refractivity contribution in [1.82, 2.24) is 4.90 Å². The number of phenols is 1. The molecule has 0 aromatic heterocycles. The molecule has 2 aromatic carbocycles. The molecule has 2 aromatic rings. The van der Waals surface area contributed by atoms with Crippen molar-refractivity contribution < 1.29 is 33.8 Å². The number of likely N-dealkylation sites (tertiary alicyclic amines) is 1. The van der Waals surface area contributed by atoms with Gasteiger partial charge in [0.15, 0.2) is 23.1 Å². The number of aromatic hydroxyl groups is 1. The number of nitrogens with zero attached hydrogens (tertiary/aromatic N) is 1. The van der Waals surface area contributed by atoms with Crippen LogP contribution in [0.4, 0.5) is 0 Å². The summed E-state index contributed by atoms with van der Waals surface area (Å²) in [4.78, 5) is 55.4. The Bertz CT molecular complexity index is 1630. The van der Waals surface area contributed by atoms with E-state index in [1.165, 1.54) is 25.2 Å². The molecule has 0 spiro atoms. The first-order valence-corrected chi connectivity index (χ1v) is 14.4. The van der Waals surface area contributed by atoms with Crippen LogP contribution in [0.1, 0.15) is 24.0 Å². The summed E-state index contributed by atoms with van der Waals surface area (Å²) < 4.78 is 10.8. The van der Waals surface area contributed by atoms with E-state index in [-0.39, 0.29) is 58.1 Å². The quantitative estimate of drug-likeness (QED) is 0.274. The number of methoxy groups -OCH3 is 2. The van der Waals surface area contributed by atoms with E-state index in [4.69, 9.17) is 9.47 Å². The third-order valence-electron chi connectivity index (χ3n) is 8.64. The predicted molar refractivity (Wildman–Crippen MR) is 158 cm³/mol. The predicted octanol–water partition coefficient (Wildman–Crippen LogP) is 4.92. The Kier molecular flexibility index (Phi) is 7.22. The number of halogens is 1. The maximum absolute atomic E-state index is 13.9. The number of allylic oxidation sites excluding steroid dienone is 7. The zero-order valence-electron chi connectivity index (χ0n) is 23.0. The number of ether oxygens (including phenoxy) is 2. The van der Waals surface area contributed by atoms with Crippen LogP contribution >= 0.6 is 15.9 Å². The molecular formula is C33H28BrNO7. The second-order valence-corrected chi connectivity index (χ2v) is 11.7. The number of ketones is 2. The summed E-state index contributed by atoms with van der Waals surface area (Å²) in [5, 5.41) is 10.3. The summed E-state index contributed by atoms with van der Waals surface area (Å²) in [6.45, 7) is 0.195. The molecule has 0 bridgehead atoms. The van der Waals surface area contributed by atoms with Gasteiger partial charge in [-0.05, 0) is 57.9 Å². The maximum atomic E-state index is 13.9. The van der Waals surface area contributed by atoms with Crippen molar-refractivity contribution in [3.05, 3.63) is 93.0 Å². The lowest BCUT2D eigenvalue weighted by Crippen LogP contribution is -2.39. The van der Waals surface area contributed by atoms with E-state index < -0.39 is 23.7 Å². The molecule has 1 heterocycles. The van der Waals surface area contributed by atoms with Gasteiger partial charge in [0.2, 0.25) is 17.6 Å². The van der Waals surface area contributed by atoms with E-state index in [0.717, 1.165) is 11.1 Å². The Hall–Kier alpha value is -4.24. The number of imide groups is 1. The topological polar surface area (TPSA) is 110 Å². The minimum absolute atomic E-state index is 0.131. The number of benzene rings is 2. The number of carbonyl (C=O) groups excluding carboxylic acids is 4. The van der Waals surface area contributed by atoms with Gasteiger partial charge in [-0.3, -0.25) is 24.1 Å². The number of Topliss-reactive ketones (excluding diaryl/α,β-unsaturated/α-hetero) is 1. The van der Waals surface area contributed by atoms with Gasteiger partial charge in [0.25, 0.3) is 0 Å². The lowest BCUT2D eigenvalue weighted by molar-refractivity contribution is -0.140. The third kappa shape index (κ3) is 4.52. The number of hydrogen-bond donors (Lipinski definition) is 1. The molecule has 1 aliphatic heterocycles. The van der Waals surface area contributed by atoms with Gasteiger partial charge in [-0.2, -0.15) is 0 Å². The lowest BCUT2D eigenvalue weighted by Gasteiger charge is -2.41. The highest BCUT2D eigenvalue weighted by molar-refractivity contribution is 9.12. The second-order valence-electron chi connectivity index (χ2n) is 10.8. The number of rotatable bonds is 6. The molecule has 1 fully saturated rings. The summed E-state index contributed by atoms with van der Waals surface area (Å²) >= 11 is 3.25. The molecule has 6 rings (SSSR count). The minimum atomic E-state index is -0.618. The minimum Gasteiger partial charge on any atom is -0.502 e. The normalized spacial score (nSPS) is 25.3. The molecule has 214 valence electrons. The molecule has 0 radical (unpaired) electrons. The van der Waals surface area contributed by atoms with Gasteiger partial charge < -0.3 is 14.6 Å². The number of hydrogen-bond acceptors (Lipinski definition) is 7. The van der Waals surface area contributed by atoms with Crippen LogP contribution in [0, 0.1) is 23.7 Å². The van der Waals surface area contributed by atoms with Crippen LogP contribution in [0.5, 0.6) is 17.2 Å². The van der Waals surface area contributed by atoms with Gasteiger partial charge in [-0.15, -0.1) is 0 Å². The average molecular weight is 630 g/mol. The summed E-state index contributed by atoms with van der Waals surface area (Å²) in [7, 11) is 2.87. The van der Waals surface area contributed by atoms with Crippen molar-refractivity contribution in [2.45, 2.75) is 19.4 Å². The van der Waals surface area contributed by atoms with Gasteiger partial charge in [0.1, 0.15) is 0 Å². The monoisotopic (exact) mass is 629 g/mol. The Morgan fingerprint density at radius 2 is 1.69 bits per heavy atom. The lowest BCUT2D eigenvalue weighted by atomic mass is 9.61. The van der Waals surface area contributed by atoms with E-state index in [1.807, 2.05) is 42.5 Å². The summed E-state index contributed by atoms with van der Waals surface area (Å²) in [5.74, 6) is -2.80. The first kappa shape index (κ1) is 27.9. The number of fused-ring (bicyclic) bond motifs is 3.